The molecule has 0 amide bonds. The summed E-state index contributed by atoms with van der Waals surface area (Å²) in [5.74, 6) is 1.02. The molecule has 0 spiro atoms. The van der Waals surface area contributed by atoms with E-state index in [2.05, 4.69) is 68.2 Å². The molecule has 1 heterocycles. The van der Waals surface area contributed by atoms with Gasteiger partial charge in [0, 0.05) is 27.2 Å². The third-order valence-electron chi connectivity index (χ3n) is 3.71. The van der Waals surface area contributed by atoms with Gasteiger partial charge in [-0.25, -0.2) is 0 Å². The van der Waals surface area contributed by atoms with Crippen LogP contribution in [0.2, 0.25) is 0 Å². The van der Waals surface area contributed by atoms with Crippen molar-refractivity contribution in [2.24, 2.45) is 0 Å². The van der Waals surface area contributed by atoms with Gasteiger partial charge < -0.3 is 4.98 Å². The number of thioether (sulfide) groups is 1. The minimum atomic E-state index is 1.02. The highest BCUT2D eigenvalue weighted by Gasteiger charge is 2.09. The number of fused-ring (bicyclic) bond motifs is 1. The van der Waals surface area contributed by atoms with E-state index in [0.29, 0.717) is 0 Å². The highest BCUT2D eigenvalue weighted by molar-refractivity contribution is 7.98. The lowest BCUT2D eigenvalue weighted by Crippen LogP contribution is -1.88. The Kier molecular flexibility index (Phi) is 3.58. The summed E-state index contributed by atoms with van der Waals surface area (Å²) in [7, 11) is 0. The largest absolute Gasteiger partial charge is 0.358 e. The van der Waals surface area contributed by atoms with Crippen LogP contribution in [-0.2, 0) is 5.75 Å². The van der Waals surface area contributed by atoms with Crippen molar-refractivity contribution >= 4 is 22.7 Å². The smallest absolute Gasteiger partial charge is 0.0467 e. The first-order valence-corrected chi connectivity index (χ1v) is 7.90. The van der Waals surface area contributed by atoms with Crippen molar-refractivity contribution in [3.8, 4) is 0 Å². The molecule has 0 saturated carbocycles. The van der Waals surface area contributed by atoms with Gasteiger partial charge in [-0.15, -0.1) is 11.8 Å². The zero-order valence-corrected chi connectivity index (χ0v) is 13.0. The van der Waals surface area contributed by atoms with E-state index in [1.54, 1.807) is 0 Å². The van der Waals surface area contributed by atoms with Crippen LogP contribution in [0.4, 0.5) is 0 Å². The average Bonchev–Trinajstić information content (AvgIpc) is 2.75. The van der Waals surface area contributed by atoms with E-state index in [9.17, 15) is 0 Å². The fourth-order valence-electron chi connectivity index (χ4n) is 2.54. The Bertz CT molecular complexity index is 755. The van der Waals surface area contributed by atoms with E-state index < -0.39 is 0 Å². The number of para-hydroxylation sites is 1. The van der Waals surface area contributed by atoms with Crippen LogP contribution >= 0.6 is 11.8 Å². The van der Waals surface area contributed by atoms with Crippen LogP contribution < -0.4 is 0 Å². The Labute approximate surface area is 124 Å². The maximum atomic E-state index is 3.47. The maximum Gasteiger partial charge on any atom is 0.0467 e. The summed E-state index contributed by atoms with van der Waals surface area (Å²) in [6, 6.07) is 15.2. The molecule has 3 aromatic rings. The summed E-state index contributed by atoms with van der Waals surface area (Å²) in [4.78, 5) is 4.84. The van der Waals surface area contributed by atoms with Crippen LogP contribution in [0, 0.1) is 20.8 Å². The second-order valence-corrected chi connectivity index (χ2v) is 6.33. The van der Waals surface area contributed by atoms with E-state index in [1.165, 1.54) is 38.2 Å². The monoisotopic (exact) mass is 281 g/mol. The zero-order chi connectivity index (χ0) is 14.1. The minimum absolute atomic E-state index is 1.02. The van der Waals surface area contributed by atoms with E-state index in [0.717, 1.165) is 5.75 Å². The summed E-state index contributed by atoms with van der Waals surface area (Å²) in [6.45, 7) is 6.51. The number of H-pyrrole nitrogens is 1. The summed E-state index contributed by atoms with van der Waals surface area (Å²) in [5.41, 5.74) is 6.64. The molecule has 0 aliphatic carbocycles. The molecule has 20 heavy (non-hydrogen) atoms. The zero-order valence-electron chi connectivity index (χ0n) is 12.2. The summed E-state index contributed by atoms with van der Waals surface area (Å²) < 4.78 is 0. The Morgan fingerprint density at radius 2 is 1.80 bits per heavy atom. The van der Waals surface area contributed by atoms with Crippen LogP contribution in [0.15, 0.2) is 47.4 Å². The molecule has 1 N–H and O–H groups in total. The normalized spacial score (nSPS) is 11.2. The molecular formula is C18H19NS. The van der Waals surface area contributed by atoms with Gasteiger partial charge in [-0.1, -0.05) is 42.0 Å². The fourth-order valence-corrected chi connectivity index (χ4v) is 3.75. The summed E-state index contributed by atoms with van der Waals surface area (Å²) in [6.07, 6.45) is 0. The fraction of sp³-hybridized carbons (Fsp3) is 0.222. The van der Waals surface area contributed by atoms with Crippen molar-refractivity contribution in [2.45, 2.75) is 31.4 Å². The van der Waals surface area contributed by atoms with Crippen molar-refractivity contribution < 1.29 is 0 Å². The Morgan fingerprint density at radius 3 is 2.65 bits per heavy atom. The van der Waals surface area contributed by atoms with Crippen LogP contribution in [0.25, 0.3) is 10.9 Å². The second-order valence-electron chi connectivity index (χ2n) is 5.34. The van der Waals surface area contributed by atoms with Crippen LogP contribution in [0.3, 0.4) is 0 Å². The molecule has 0 radical (unpaired) electrons. The molecule has 0 aliphatic heterocycles. The molecule has 0 bridgehead atoms. The van der Waals surface area contributed by atoms with E-state index in [4.69, 9.17) is 0 Å². The van der Waals surface area contributed by atoms with E-state index in [1.807, 2.05) is 11.8 Å². The third-order valence-corrected chi connectivity index (χ3v) is 4.98. The van der Waals surface area contributed by atoms with Crippen LogP contribution in [0.1, 0.15) is 22.4 Å². The van der Waals surface area contributed by atoms with Gasteiger partial charge in [0.05, 0.1) is 0 Å². The predicted octanol–water partition coefficient (Wildman–Crippen LogP) is 5.39. The van der Waals surface area contributed by atoms with Gasteiger partial charge in [-0.3, -0.25) is 0 Å². The number of rotatable bonds is 3. The van der Waals surface area contributed by atoms with Crippen LogP contribution in [-0.4, -0.2) is 4.98 Å². The first-order valence-electron chi connectivity index (χ1n) is 6.91. The highest BCUT2D eigenvalue weighted by Crippen LogP contribution is 2.34. The topological polar surface area (TPSA) is 15.8 Å². The number of aryl methyl sites for hydroxylation is 3. The molecular weight excluding hydrogens is 262 g/mol. The van der Waals surface area contributed by atoms with Gasteiger partial charge >= 0.3 is 0 Å². The maximum absolute atomic E-state index is 3.47. The lowest BCUT2D eigenvalue weighted by molar-refractivity contribution is 1.22. The van der Waals surface area contributed by atoms with Crippen molar-refractivity contribution in [1.29, 1.82) is 0 Å². The van der Waals surface area contributed by atoms with E-state index in [-0.39, 0.29) is 0 Å². The van der Waals surface area contributed by atoms with Gasteiger partial charge in [0.25, 0.3) is 0 Å². The standard InChI is InChI=1S/C18H19NS/c1-12-8-9-13(2)15(10-12)11-20-18-14(3)19-17-7-5-4-6-16(17)18/h4-10,19H,11H2,1-3H3. The van der Waals surface area contributed by atoms with Gasteiger partial charge in [0.1, 0.15) is 0 Å². The first-order chi connectivity index (χ1) is 9.65. The molecule has 2 heteroatoms. The summed E-state index contributed by atoms with van der Waals surface area (Å²) >= 11 is 1.93. The molecule has 1 aromatic heterocycles. The molecule has 0 unspecified atom stereocenters. The molecule has 3 rings (SSSR count). The molecule has 0 atom stereocenters. The molecule has 0 fully saturated rings. The third kappa shape index (κ3) is 2.48. The number of benzene rings is 2. The average molecular weight is 281 g/mol. The van der Waals surface area contributed by atoms with Gasteiger partial charge in [0.2, 0.25) is 0 Å². The van der Waals surface area contributed by atoms with Crippen LogP contribution in [0.5, 0.6) is 0 Å². The first kappa shape index (κ1) is 13.3. The number of nitrogens with one attached hydrogen (secondary N) is 1. The van der Waals surface area contributed by atoms with Gasteiger partial charge in [-0.2, -0.15) is 0 Å². The highest BCUT2D eigenvalue weighted by atomic mass is 32.2. The Balaban J connectivity index is 1.90. The molecule has 102 valence electrons. The Morgan fingerprint density at radius 1 is 1.00 bits per heavy atom. The van der Waals surface area contributed by atoms with Crippen molar-refractivity contribution in [3.05, 3.63) is 64.8 Å². The lowest BCUT2D eigenvalue weighted by atomic mass is 10.1. The van der Waals surface area contributed by atoms with Gasteiger partial charge in [-0.05, 0) is 38.0 Å². The van der Waals surface area contributed by atoms with Crippen molar-refractivity contribution in [1.82, 2.24) is 4.98 Å². The number of aromatic amines is 1. The SMILES string of the molecule is Cc1ccc(C)c(CSc2c(C)[nH]c3ccccc23)c1. The molecule has 2 aromatic carbocycles. The van der Waals surface area contributed by atoms with Crippen molar-refractivity contribution in [2.75, 3.05) is 0 Å². The second kappa shape index (κ2) is 5.37. The predicted molar refractivity (Wildman–Crippen MR) is 88.5 cm³/mol. The molecule has 0 aliphatic rings. The molecule has 0 saturated heterocycles. The van der Waals surface area contributed by atoms with Crippen molar-refractivity contribution in [3.63, 3.8) is 0 Å². The number of aromatic nitrogens is 1. The van der Waals surface area contributed by atoms with E-state index >= 15 is 0 Å². The summed E-state index contributed by atoms with van der Waals surface area (Å²) in [5, 5.41) is 1.33. The lowest BCUT2D eigenvalue weighted by Gasteiger charge is -2.07. The number of hydrogen-bond donors (Lipinski definition) is 1. The minimum Gasteiger partial charge on any atom is -0.358 e. The number of hydrogen-bond acceptors (Lipinski definition) is 1. The molecule has 1 nitrogen and oxygen atoms in total. The Hall–Kier alpha value is -1.67. The van der Waals surface area contributed by atoms with Gasteiger partial charge in [0.15, 0.2) is 0 Å². The quantitative estimate of drug-likeness (QED) is 0.637.